The molecule has 20 heavy (non-hydrogen) atoms. The van der Waals surface area contributed by atoms with E-state index >= 15 is 0 Å². The van der Waals surface area contributed by atoms with E-state index in [1.54, 1.807) is 20.3 Å². The minimum absolute atomic E-state index is 0.0738. The molecule has 0 bridgehead atoms. The summed E-state index contributed by atoms with van der Waals surface area (Å²) in [5.74, 6) is 0.319. The number of hydrogen-bond acceptors (Lipinski definition) is 5. The van der Waals surface area contributed by atoms with Crippen LogP contribution in [0.15, 0.2) is 22.0 Å². The van der Waals surface area contributed by atoms with Gasteiger partial charge in [0.15, 0.2) is 11.5 Å². The Morgan fingerprint density at radius 3 is 2.60 bits per heavy atom. The van der Waals surface area contributed by atoms with Crippen molar-refractivity contribution >= 4 is 33.2 Å². The SMILES string of the molecule is COc1cc(Br)c(-c2csc(CC(=O)O)n2)cc1OC. The molecule has 0 saturated carbocycles. The predicted octanol–water partition coefficient (Wildman–Crippen LogP) is 3.22. The van der Waals surface area contributed by atoms with Crippen molar-refractivity contribution in [3.63, 3.8) is 0 Å². The fourth-order valence-electron chi connectivity index (χ4n) is 1.70. The summed E-state index contributed by atoms with van der Waals surface area (Å²) < 4.78 is 11.3. The molecule has 0 aliphatic carbocycles. The average molecular weight is 358 g/mol. The van der Waals surface area contributed by atoms with Gasteiger partial charge in [0, 0.05) is 15.4 Å². The molecule has 0 saturated heterocycles. The lowest BCUT2D eigenvalue weighted by Crippen LogP contribution is -1.99. The van der Waals surface area contributed by atoms with Crippen LogP contribution < -0.4 is 9.47 Å². The van der Waals surface area contributed by atoms with Crippen molar-refractivity contribution in [3.05, 3.63) is 27.0 Å². The fourth-order valence-corrected chi connectivity index (χ4v) is 3.01. The molecule has 106 valence electrons. The Labute approximate surface area is 128 Å². The number of halogens is 1. The second-order valence-electron chi connectivity index (χ2n) is 3.88. The maximum Gasteiger partial charge on any atom is 0.310 e. The Bertz CT molecular complexity index is 641. The number of aliphatic carboxylic acids is 1. The van der Waals surface area contributed by atoms with E-state index in [2.05, 4.69) is 20.9 Å². The van der Waals surface area contributed by atoms with Gasteiger partial charge in [-0.25, -0.2) is 4.98 Å². The van der Waals surface area contributed by atoms with Gasteiger partial charge >= 0.3 is 5.97 Å². The van der Waals surface area contributed by atoms with Crippen LogP contribution in [0.3, 0.4) is 0 Å². The van der Waals surface area contributed by atoms with Crippen molar-refractivity contribution in [1.82, 2.24) is 4.98 Å². The smallest absolute Gasteiger partial charge is 0.310 e. The second kappa shape index (κ2) is 6.23. The summed E-state index contributed by atoms with van der Waals surface area (Å²) in [5.41, 5.74) is 1.54. The van der Waals surface area contributed by atoms with Crippen LogP contribution in [0.2, 0.25) is 0 Å². The van der Waals surface area contributed by atoms with Crippen molar-refractivity contribution in [2.24, 2.45) is 0 Å². The molecule has 5 nitrogen and oxygen atoms in total. The van der Waals surface area contributed by atoms with Crippen molar-refractivity contribution in [2.75, 3.05) is 14.2 Å². The molecule has 1 N–H and O–H groups in total. The highest BCUT2D eigenvalue weighted by atomic mass is 79.9. The monoisotopic (exact) mass is 357 g/mol. The number of hydrogen-bond donors (Lipinski definition) is 1. The van der Waals surface area contributed by atoms with Gasteiger partial charge in [-0.2, -0.15) is 0 Å². The van der Waals surface area contributed by atoms with Gasteiger partial charge in [-0.1, -0.05) is 0 Å². The van der Waals surface area contributed by atoms with Gasteiger partial charge in [-0.15, -0.1) is 11.3 Å². The number of aromatic nitrogens is 1. The van der Waals surface area contributed by atoms with Crippen LogP contribution in [0, 0.1) is 0 Å². The normalized spacial score (nSPS) is 10.3. The molecule has 0 spiro atoms. The van der Waals surface area contributed by atoms with Gasteiger partial charge in [-0.05, 0) is 28.1 Å². The largest absolute Gasteiger partial charge is 0.493 e. The van der Waals surface area contributed by atoms with Crippen LogP contribution in [-0.2, 0) is 11.2 Å². The first-order valence-electron chi connectivity index (χ1n) is 5.63. The van der Waals surface area contributed by atoms with Crippen molar-refractivity contribution in [1.29, 1.82) is 0 Å². The lowest BCUT2D eigenvalue weighted by molar-refractivity contribution is -0.136. The van der Waals surface area contributed by atoms with Crippen LogP contribution in [0.1, 0.15) is 5.01 Å². The summed E-state index contributed by atoms with van der Waals surface area (Å²) in [6.07, 6.45) is -0.0738. The average Bonchev–Trinajstić information content (AvgIpc) is 2.85. The number of carbonyl (C=O) groups is 1. The summed E-state index contributed by atoms with van der Waals surface area (Å²) in [6, 6.07) is 3.60. The number of carboxylic acid groups (broad SMARTS) is 1. The zero-order valence-corrected chi connectivity index (χ0v) is 13.2. The second-order valence-corrected chi connectivity index (χ2v) is 5.68. The first kappa shape index (κ1) is 14.8. The quantitative estimate of drug-likeness (QED) is 0.889. The molecule has 0 unspecified atom stereocenters. The van der Waals surface area contributed by atoms with E-state index < -0.39 is 5.97 Å². The molecule has 0 aliphatic rings. The molecule has 2 rings (SSSR count). The number of benzene rings is 1. The van der Waals surface area contributed by atoms with E-state index in [0.29, 0.717) is 22.2 Å². The number of nitrogens with zero attached hydrogens (tertiary/aromatic N) is 1. The van der Waals surface area contributed by atoms with Crippen molar-refractivity contribution < 1.29 is 19.4 Å². The highest BCUT2D eigenvalue weighted by molar-refractivity contribution is 9.10. The van der Waals surface area contributed by atoms with Crippen molar-refractivity contribution in [2.45, 2.75) is 6.42 Å². The molecule has 0 radical (unpaired) electrons. The van der Waals surface area contributed by atoms with E-state index in [-0.39, 0.29) is 6.42 Å². The van der Waals surface area contributed by atoms with E-state index in [9.17, 15) is 4.79 Å². The maximum absolute atomic E-state index is 10.7. The fraction of sp³-hybridized carbons (Fsp3) is 0.231. The van der Waals surface area contributed by atoms with Crippen LogP contribution in [0.25, 0.3) is 11.3 Å². The third-order valence-electron chi connectivity index (χ3n) is 2.60. The Hall–Kier alpha value is -1.60. The van der Waals surface area contributed by atoms with Gasteiger partial charge in [0.25, 0.3) is 0 Å². The summed E-state index contributed by atoms with van der Waals surface area (Å²) in [7, 11) is 3.13. The summed E-state index contributed by atoms with van der Waals surface area (Å²) in [6.45, 7) is 0. The zero-order chi connectivity index (χ0) is 14.7. The van der Waals surface area contributed by atoms with Gasteiger partial charge in [-0.3, -0.25) is 4.79 Å². The first-order valence-corrected chi connectivity index (χ1v) is 7.30. The maximum atomic E-state index is 10.7. The van der Waals surface area contributed by atoms with Crippen molar-refractivity contribution in [3.8, 4) is 22.8 Å². The number of methoxy groups -OCH3 is 2. The molecule has 0 aliphatic heterocycles. The number of thiazole rings is 1. The van der Waals surface area contributed by atoms with Gasteiger partial charge in [0.05, 0.1) is 26.3 Å². The number of ether oxygens (including phenoxy) is 2. The van der Waals surface area contributed by atoms with Gasteiger partial charge < -0.3 is 14.6 Å². The molecule has 1 aromatic heterocycles. The lowest BCUT2D eigenvalue weighted by Gasteiger charge is -2.10. The summed E-state index contributed by atoms with van der Waals surface area (Å²) in [4.78, 5) is 15.0. The molecular formula is C13H12BrNO4S. The van der Waals surface area contributed by atoms with Crippen LogP contribution >= 0.6 is 27.3 Å². The van der Waals surface area contributed by atoms with E-state index in [1.165, 1.54) is 11.3 Å². The van der Waals surface area contributed by atoms with Crippen LogP contribution in [0.4, 0.5) is 0 Å². The van der Waals surface area contributed by atoms with E-state index in [1.807, 2.05) is 11.4 Å². The Kier molecular flexibility index (Phi) is 4.61. The Morgan fingerprint density at radius 1 is 1.35 bits per heavy atom. The van der Waals surface area contributed by atoms with Gasteiger partial charge in [0.1, 0.15) is 5.01 Å². The zero-order valence-electron chi connectivity index (χ0n) is 10.8. The third-order valence-corrected chi connectivity index (χ3v) is 4.11. The van der Waals surface area contributed by atoms with Crippen LogP contribution in [0.5, 0.6) is 11.5 Å². The molecule has 1 heterocycles. The van der Waals surface area contributed by atoms with Gasteiger partial charge in [0.2, 0.25) is 0 Å². The molecule has 1 aromatic carbocycles. The lowest BCUT2D eigenvalue weighted by atomic mass is 10.1. The van der Waals surface area contributed by atoms with E-state index in [4.69, 9.17) is 14.6 Å². The molecule has 0 atom stereocenters. The summed E-state index contributed by atoms with van der Waals surface area (Å²) in [5, 5.41) is 11.2. The topological polar surface area (TPSA) is 68.7 Å². The Balaban J connectivity index is 2.41. The first-order chi connectivity index (χ1) is 9.55. The third kappa shape index (κ3) is 3.10. The number of rotatable bonds is 5. The standard InChI is InChI=1S/C13H12BrNO4S/c1-18-10-3-7(8(14)4-11(10)19-2)9-6-20-12(15-9)5-13(16)17/h3-4,6H,5H2,1-2H3,(H,16,17). The minimum Gasteiger partial charge on any atom is -0.493 e. The van der Waals surface area contributed by atoms with Crippen LogP contribution in [-0.4, -0.2) is 30.3 Å². The highest BCUT2D eigenvalue weighted by Crippen LogP contribution is 2.38. The molecule has 0 fully saturated rings. The highest BCUT2D eigenvalue weighted by Gasteiger charge is 2.14. The Morgan fingerprint density at radius 2 is 2.00 bits per heavy atom. The minimum atomic E-state index is -0.891. The molecule has 2 aromatic rings. The van der Waals surface area contributed by atoms with E-state index in [0.717, 1.165) is 10.0 Å². The predicted molar refractivity (Wildman–Crippen MR) is 79.7 cm³/mol. The molecule has 0 amide bonds. The molecule has 7 heteroatoms. The molecular weight excluding hydrogens is 346 g/mol. The number of carboxylic acids is 1. The summed E-state index contributed by atoms with van der Waals surface area (Å²) >= 11 is 4.78.